The van der Waals surface area contributed by atoms with Crippen LogP contribution >= 0.6 is 0 Å². The van der Waals surface area contributed by atoms with Gasteiger partial charge in [-0.3, -0.25) is 9.59 Å². The Hall–Kier alpha value is -3.47. The average Bonchev–Trinajstić information content (AvgIpc) is 2.71. The van der Waals surface area contributed by atoms with Gasteiger partial charge in [-0.15, -0.1) is 0 Å². The van der Waals surface area contributed by atoms with E-state index in [4.69, 9.17) is 9.47 Å². The number of carbonyl (C=O) groups is 2. The van der Waals surface area contributed by atoms with E-state index in [1.807, 2.05) is 32.0 Å². The van der Waals surface area contributed by atoms with Gasteiger partial charge in [-0.05, 0) is 79.6 Å². The van der Waals surface area contributed by atoms with Crippen molar-refractivity contribution < 1.29 is 23.5 Å². The number of benzene rings is 3. The van der Waals surface area contributed by atoms with E-state index >= 15 is 0 Å². The topological polar surface area (TPSA) is 52.6 Å². The Morgan fingerprint density at radius 1 is 0.862 bits per heavy atom. The highest BCUT2D eigenvalue weighted by atomic mass is 19.1. The van der Waals surface area contributed by atoms with Gasteiger partial charge in [-0.2, -0.15) is 0 Å². The molecule has 3 aromatic rings. The highest BCUT2D eigenvalue weighted by molar-refractivity contribution is 6.09. The molecule has 0 unspecified atom stereocenters. The summed E-state index contributed by atoms with van der Waals surface area (Å²) in [6.07, 6.45) is 0.101. The van der Waals surface area contributed by atoms with Crippen molar-refractivity contribution in [2.75, 3.05) is 6.61 Å². The second kappa shape index (κ2) is 9.15. The number of carbonyl (C=O) groups excluding carboxylic acids is 2. The largest absolute Gasteiger partial charge is 0.493 e. The second-order valence-electron chi connectivity index (χ2n) is 6.70. The maximum atomic E-state index is 13.0. The Kier molecular flexibility index (Phi) is 6.39. The molecule has 3 aromatic carbocycles. The first-order valence-electron chi connectivity index (χ1n) is 9.23. The van der Waals surface area contributed by atoms with Gasteiger partial charge in [0, 0.05) is 11.1 Å². The lowest BCUT2D eigenvalue weighted by molar-refractivity contribution is -0.134. The molecule has 0 spiro atoms. The van der Waals surface area contributed by atoms with Crippen LogP contribution in [0.2, 0.25) is 0 Å². The third-order valence-electron chi connectivity index (χ3n) is 4.36. The molecule has 0 amide bonds. The average molecular weight is 392 g/mol. The first-order valence-corrected chi connectivity index (χ1v) is 9.23. The molecule has 0 radical (unpaired) electrons. The molecule has 0 saturated heterocycles. The Balaban J connectivity index is 1.52. The lowest BCUT2D eigenvalue weighted by atomic mass is 10.0. The number of ketones is 1. The summed E-state index contributed by atoms with van der Waals surface area (Å²) in [6.45, 7) is 4.14. The number of esters is 1. The lowest BCUT2D eigenvalue weighted by Crippen LogP contribution is -2.13. The van der Waals surface area contributed by atoms with Gasteiger partial charge in [-0.1, -0.05) is 12.1 Å². The van der Waals surface area contributed by atoms with E-state index in [0.717, 1.165) is 16.9 Å². The number of rotatable bonds is 7. The van der Waals surface area contributed by atoms with Gasteiger partial charge in [0.25, 0.3) is 0 Å². The Morgan fingerprint density at radius 3 is 2.14 bits per heavy atom. The van der Waals surface area contributed by atoms with E-state index in [1.165, 1.54) is 24.3 Å². The van der Waals surface area contributed by atoms with Gasteiger partial charge < -0.3 is 9.47 Å². The molecule has 0 fully saturated rings. The van der Waals surface area contributed by atoms with Gasteiger partial charge in [0.2, 0.25) is 0 Å². The van der Waals surface area contributed by atoms with Crippen molar-refractivity contribution in [1.29, 1.82) is 0 Å². The highest BCUT2D eigenvalue weighted by Crippen LogP contribution is 2.20. The molecule has 148 valence electrons. The standard InChI is InChI=1S/C24H21FO4/c1-16-3-4-17(2)22(15-16)28-14-13-23(26)29-21-11-7-19(8-12-21)24(27)18-5-9-20(25)10-6-18/h3-12,15H,13-14H2,1-2H3. The van der Waals surface area contributed by atoms with Crippen LogP contribution < -0.4 is 9.47 Å². The van der Waals surface area contributed by atoms with Crippen LogP contribution in [0.25, 0.3) is 0 Å². The summed E-state index contributed by atoms with van der Waals surface area (Å²) in [5.41, 5.74) is 2.91. The molecular weight excluding hydrogens is 371 g/mol. The number of halogens is 1. The summed E-state index contributed by atoms with van der Waals surface area (Å²) in [7, 11) is 0. The van der Waals surface area contributed by atoms with Crippen LogP contribution in [-0.2, 0) is 4.79 Å². The minimum absolute atomic E-state index is 0.101. The monoisotopic (exact) mass is 392 g/mol. The Morgan fingerprint density at radius 2 is 1.48 bits per heavy atom. The van der Waals surface area contributed by atoms with E-state index in [1.54, 1.807) is 24.3 Å². The predicted octanol–water partition coefficient (Wildman–Crippen LogP) is 5.05. The zero-order valence-electron chi connectivity index (χ0n) is 16.3. The Bertz CT molecular complexity index is 1010. The van der Waals surface area contributed by atoms with Gasteiger partial charge in [0.05, 0.1) is 13.0 Å². The summed E-state index contributed by atoms with van der Waals surface area (Å²) in [5, 5.41) is 0. The summed E-state index contributed by atoms with van der Waals surface area (Å²) >= 11 is 0. The van der Waals surface area contributed by atoms with Crippen molar-refractivity contribution >= 4 is 11.8 Å². The molecule has 0 aliphatic carbocycles. The van der Waals surface area contributed by atoms with Gasteiger partial charge in [0.1, 0.15) is 17.3 Å². The van der Waals surface area contributed by atoms with Crippen LogP contribution in [0.4, 0.5) is 4.39 Å². The molecule has 4 nitrogen and oxygen atoms in total. The molecule has 3 rings (SSSR count). The molecule has 0 bridgehead atoms. The predicted molar refractivity (Wildman–Crippen MR) is 108 cm³/mol. The van der Waals surface area contributed by atoms with E-state index in [2.05, 4.69) is 0 Å². The van der Waals surface area contributed by atoms with Crippen molar-refractivity contribution in [3.63, 3.8) is 0 Å². The third kappa shape index (κ3) is 5.51. The van der Waals surface area contributed by atoms with Crippen LogP contribution in [0.15, 0.2) is 66.7 Å². The summed E-state index contributed by atoms with van der Waals surface area (Å²) < 4.78 is 23.9. The normalized spacial score (nSPS) is 10.4. The number of aryl methyl sites for hydroxylation is 2. The minimum atomic E-state index is -0.423. The van der Waals surface area contributed by atoms with E-state index < -0.39 is 11.8 Å². The van der Waals surface area contributed by atoms with Crippen molar-refractivity contribution in [3.8, 4) is 11.5 Å². The molecule has 0 saturated carbocycles. The van der Waals surface area contributed by atoms with Gasteiger partial charge in [0.15, 0.2) is 5.78 Å². The zero-order chi connectivity index (χ0) is 20.8. The molecular formula is C24H21FO4. The minimum Gasteiger partial charge on any atom is -0.493 e. The lowest BCUT2D eigenvalue weighted by Gasteiger charge is -2.10. The molecule has 0 atom stereocenters. The first kappa shape index (κ1) is 20.3. The van der Waals surface area contributed by atoms with Crippen LogP contribution in [0, 0.1) is 19.7 Å². The summed E-state index contributed by atoms with van der Waals surface area (Å²) in [5.74, 6) is 0.0434. The van der Waals surface area contributed by atoms with Crippen molar-refractivity contribution in [2.45, 2.75) is 20.3 Å². The highest BCUT2D eigenvalue weighted by Gasteiger charge is 2.11. The van der Waals surface area contributed by atoms with Crippen molar-refractivity contribution in [2.24, 2.45) is 0 Å². The Labute approximate surface area is 168 Å². The van der Waals surface area contributed by atoms with E-state index in [9.17, 15) is 14.0 Å². The molecule has 0 heterocycles. The fourth-order valence-corrected chi connectivity index (χ4v) is 2.73. The maximum Gasteiger partial charge on any atom is 0.314 e. The number of hydrogen-bond donors (Lipinski definition) is 0. The van der Waals surface area contributed by atoms with Gasteiger partial charge >= 0.3 is 5.97 Å². The first-order chi connectivity index (χ1) is 13.9. The molecule has 0 aliphatic rings. The summed E-state index contributed by atoms with van der Waals surface area (Å²) in [4.78, 5) is 24.4. The molecule has 0 aliphatic heterocycles. The zero-order valence-corrected chi connectivity index (χ0v) is 16.3. The van der Waals surface area contributed by atoms with Crippen LogP contribution in [0.3, 0.4) is 0 Å². The molecule has 5 heteroatoms. The summed E-state index contributed by atoms with van der Waals surface area (Å²) in [6, 6.07) is 17.5. The second-order valence-corrected chi connectivity index (χ2v) is 6.70. The fourth-order valence-electron chi connectivity index (χ4n) is 2.73. The fraction of sp³-hybridized carbons (Fsp3) is 0.167. The third-order valence-corrected chi connectivity index (χ3v) is 4.36. The SMILES string of the molecule is Cc1ccc(C)c(OCCC(=O)Oc2ccc(C(=O)c3ccc(F)cc3)cc2)c1. The number of ether oxygens (including phenoxy) is 2. The molecule has 0 aromatic heterocycles. The van der Waals surface area contributed by atoms with Crippen LogP contribution in [-0.4, -0.2) is 18.4 Å². The van der Waals surface area contributed by atoms with E-state index in [-0.39, 0.29) is 18.8 Å². The van der Waals surface area contributed by atoms with Gasteiger partial charge in [-0.25, -0.2) is 4.39 Å². The van der Waals surface area contributed by atoms with Crippen LogP contribution in [0.1, 0.15) is 33.5 Å². The molecule has 0 N–H and O–H groups in total. The van der Waals surface area contributed by atoms with Crippen molar-refractivity contribution in [3.05, 3.63) is 94.8 Å². The quantitative estimate of drug-likeness (QED) is 0.321. The molecule has 29 heavy (non-hydrogen) atoms. The van der Waals surface area contributed by atoms with Crippen molar-refractivity contribution in [1.82, 2.24) is 0 Å². The number of hydrogen-bond acceptors (Lipinski definition) is 4. The van der Waals surface area contributed by atoms with E-state index in [0.29, 0.717) is 16.9 Å². The maximum absolute atomic E-state index is 13.0. The smallest absolute Gasteiger partial charge is 0.314 e. The van der Waals surface area contributed by atoms with Crippen LogP contribution in [0.5, 0.6) is 11.5 Å².